The van der Waals surface area contributed by atoms with E-state index in [1.165, 1.54) is 6.92 Å². The van der Waals surface area contributed by atoms with Crippen LogP contribution in [0, 0.1) is 0 Å². The summed E-state index contributed by atoms with van der Waals surface area (Å²) in [6.07, 6.45) is 0.827. The molecule has 84 valence electrons. The molecule has 0 saturated heterocycles. The Balaban J connectivity index is 2.51. The van der Waals surface area contributed by atoms with Crippen LogP contribution < -0.4 is 0 Å². The standard InChI is InChI=1S/C12H12O4/c1-9(7-11(13)14)12(15)16-8-10-5-3-2-4-6-10/h2-7H,8H2,1H3,(H,13,14). The van der Waals surface area contributed by atoms with Crippen LogP contribution in [0.15, 0.2) is 42.0 Å². The van der Waals surface area contributed by atoms with E-state index >= 15 is 0 Å². The third kappa shape index (κ3) is 3.96. The molecule has 0 atom stereocenters. The number of aliphatic carboxylic acids is 1. The van der Waals surface area contributed by atoms with E-state index in [0.717, 1.165) is 11.6 Å². The Bertz CT molecular complexity index is 406. The van der Waals surface area contributed by atoms with Gasteiger partial charge in [-0.1, -0.05) is 30.3 Å². The average molecular weight is 220 g/mol. The first-order valence-electron chi connectivity index (χ1n) is 4.72. The fourth-order valence-electron chi connectivity index (χ4n) is 1.08. The van der Waals surface area contributed by atoms with Gasteiger partial charge in [0.1, 0.15) is 6.61 Å². The minimum absolute atomic E-state index is 0.0726. The maximum Gasteiger partial charge on any atom is 0.334 e. The molecule has 0 aromatic heterocycles. The van der Waals surface area contributed by atoms with Crippen molar-refractivity contribution in [2.45, 2.75) is 13.5 Å². The lowest BCUT2D eigenvalue weighted by Crippen LogP contribution is -2.07. The molecule has 0 unspecified atom stereocenters. The van der Waals surface area contributed by atoms with E-state index in [9.17, 15) is 9.59 Å². The topological polar surface area (TPSA) is 63.6 Å². The van der Waals surface area contributed by atoms with Gasteiger partial charge in [0.05, 0.1) is 0 Å². The summed E-state index contributed by atoms with van der Waals surface area (Å²) in [6.45, 7) is 1.55. The first-order valence-corrected chi connectivity index (χ1v) is 4.72. The molecule has 4 heteroatoms. The first-order chi connectivity index (χ1) is 7.59. The molecule has 0 bridgehead atoms. The lowest BCUT2D eigenvalue weighted by Gasteiger charge is -2.04. The monoisotopic (exact) mass is 220 g/mol. The lowest BCUT2D eigenvalue weighted by atomic mass is 10.2. The van der Waals surface area contributed by atoms with Gasteiger partial charge in [-0.3, -0.25) is 0 Å². The van der Waals surface area contributed by atoms with Gasteiger partial charge in [-0.05, 0) is 12.5 Å². The highest BCUT2D eigenvalue weighted by atomic mass is 16.5. The van der Waals surface area contributed by atoms with Gasteiger partial charge in [0.2, 0.25) is 0 Å². The molecule has 1 rings (SSSR count). The molecule has 0 saturated carbocycles. The zero-order valence-corrected chi connectivity index (χ0v) is 8.84. The Kier molecular flexibility index (Phi) is 4.27. The molecule has 0 aliphatic rings. The number of hydrogen-bond donors (Lipinski definition) is 1. The second-order valence-electron chi connectivity index (χ2n) is 3.23. The van der Waals surface area contributed by atoms with Crippen LogP contribution in [0.4, 0.5) is 0 Å². The van der Waals surface area contributed by atoms with Gasteiger partial charge in [0.15, 0.2) is 0 Å². The normalized spacial score (nSPS) is 10.9. The van der Waals surface area contributed by atoms with Gasteiger partial charge in [-0.15, -0.1) is 0 Å². The zero-order chi connectivity index (χ0) is 12.0. The van der Waals surface area contributed by atoms with Crippen LogP contribution in [-0.4, -0.2) is 17.0 Å². The molecule has 0 fully saturated rings. The number of benzene rings is 1. The van der Waals surface area contributed by atoms with Crippen LogP contribution in [-0.2, 0) is 20.9 Å². The van der Waals surface area contributed by atoms with E-state index in [0.29, 0.717) is 0 Å². The van der Waals surface area contributed by atoms with Crippen molar-refractivity contribution in [1.29, 1.82) is 0 Å². The summed E-state index contributed by atoms with van der Waals surface area (Å²) < 4.78 is 4.92. The molecule has 0 spiro atoms. The van der Waals surface area contributed by atoms with Crippen LogP contribution in [0.3, 0.4) is 0 Å². The third-order valence-corrected chi connectivity index (χ3v) is 1.87. The molecule has 0 aliphatic heterocycles. The minimum Gasteiger partial charge on any atom is -0.478 e. The highest BCUT2D eigenvalue weighted by molar-refractivity contribution is 5.95. The SMILES string of the molecule is CC(=CC(=O)O)C(=O)OCc1ccccc1. The van der Waals surface area contributed by atoms with Crippen molar-refractivity contribution in [3.05, 3.63) is 47.5 Å². The Labute approximate surface area is 93.2 Å². The number of carbonyl (C=O) groups excluding carboxylic acids is 1. The van der Waals surface area contributed by atoms with Crippen LogP contribution in [0.1, 0.15) is 12.5 Å². The van der Waals surface area contributed by atoms with Crippen molar-refractivity contribution in [3.8, 4) is 0 Å². The van der Waals surface area contributed by atoms with Crippen molar-refractivity contribution >= 4 is 11.9 Å². The summed E-state index contributed by atoms with van der Waals surface area (Å²) in [5.41, 5.74) is 0.933. The Morgan fingerprint density at radius 3 is 2.50 bits per heavy atom. The molecule has 1 N–H and O–H groups in total. The molecule has 4 nitrogen and oxygen atoms in total. The van der Waals surface area contributed by atoms with E-state index < -0.39 is 11.9 Å². The lowest BCUT2D eigenvalue weighted by molar-refractivity contribution is -0.141. The van der Waals surface area contributed by atoms with Gasteiger partial charge in [-0.25, -0.2) is 9.59 Å². The van der Waals surface area contributed by atoms with Crippen molar-refractivity contribution < 1.29 is 19.4 Å². The first kappa shape index (κ1) is 12.0. The molecule has 0 aliphatic carbocycles. The van der Waals surface area contributed by atoms with Gasteiger partial charge in [0, 0.05) is 11.6 Å². The summed E-state index contributed by atoms with van der Waals surface area (Å²) in [5.74, 6) is -1.78. The molecule has 0 heterocycles. The maximum atomic E-state index is 11.3. The molecule has 0 radical (unpaired) electrons. The van der Waals surface area contributed by atoms with E-state index in [-0.39, 0.29) is 12.2 Å². The highest BCUT2D eigenvalue weighted by Crippen LogP contribution is 2.03. The smallest absolute Gasteiger partial charge is 0.334 e. The largest absolute Gasteiger partial charge is 0.478 e. The van der Waals surface area contributed by atoms with Gasteiger partial charge >= 0.3 is 11.9 Å². The fraction of sp³-hybridized carbons (Fsp3) is 0.167. The molecular weight excluding hydrogens is 208 g/mol. The number of rotatable bonds is 4. The Morgan fingerprint density at radius 2 is 1.94 bits per heavy atom. The van der Waals surface area contributed by atoms with Crippen LogP contribution >= 0.6 is 0 Å². The minimum atomic E-state index is -1.16. The van der Waals surface area contributed by atoms with Crippen molar-refractivity contribution in [2.75, 3.05) is 0 Å². The third-order valence-electron chi connectivity index (χ3n) is 1.87. The van der Waals surface area contributed by atoms with Crippen LogP contribution in [0.25, 0.3) is 0 Å². The average Bonchev–Trinajstić information content (AvgIpc) is 2.26. The number of carboxylic acid groups (broad SMARTS) is 1. The molecule has 16 heavy (non-hydrogen) atoms. The summed E-state index contributed by atoms with van der Waals surface area (Å²) in [4.78, 5) is 21.6. The second kappa shape index (κ2) is 5.70. The molecule has 0 amide bonds. The summed E-state index contributed by atoms with van der Waals surface area (Å²) >= 11 is 0. The molecule has 1 aromatic carbocycles. The van der Waals surface area contributed by atoms with E-state index in [1.54, 1.807) is 0 Å². The summed E-state index contributed by atoms with van der Waals surface area (Å²) in [7, 11) is 0. The van der Waals surface area contributed by atoms with E-state index in [4.69, 9.17) is 9.84 Å². The Morgan fingerprint density at radius 1 is 1.31 bits per heavy atom. The van der Waals surface area contributed by atoms with Crippen LogP contribution in [0.2, 0.25) is 0 Å². The second-order valence-corrected chi connectivity index (χ2v) is 3.23. The zero-order valence-electron chi connectivity index (χ0n) is 8.84. The van der Waals surface area contributed by atoms with Crippen molar-refractivity contribution in [2.24, 2.45) is 0 Å². The number of carbonyl (C=O) groups is 2. The van der Waals surface area contributed by atoms with E-state index in [1.807, 2.05) is 30.3 Å². The predicted octanol–water partition coefficient (Wildman–Crippen LogP) is 1.76. The summed E-state index contributed by atoms with van der Waals surface area (Å²) in [5, 5.41) is 8.43. The molecular formula is C12H12O4. The fourth-order valence-corrected chi connectivity index (χ4v) is 1.08. The number of hydrogen-bond acceptors (Lipinski definition) is 3. The van der Waals surface area contributed by atoms with Gasteiger partial charge in [-0.2, -0.15) is 0 Å². The number of ether oxygens (including phenoxy) is 1. The molecule has 1 aromatic rings. The number of esters is 1. The van der Waals surface area contributed by atoms with Crippen LogP contribution in [0.5, 0.6) is 0 Å². The van der Waals surface area contributed by atoms with Crippen molar-refractivity contribution in [1.82, 2.24) is 0 Å². The predicted molar refractivity (Wildman–Crippen MR) is 57.6 cm³/mol. The quantitative estimate of drug-likeness (QED) is 0.620. The maximum absolute atomic E-state index is 11.3. The Hall–Kier alpha value is -2.10. The van der Waals surface area contributed by atoms with Gasteiger partial charge < -0.3 is 9.84 Å². The number of carboxylic acids is 1. The van der Waals surface area contributed by atoms with Crippen molar-refractivity contribution in [3.63, 3.8) is 0 Å². The summed E-state index contributed by atoms with van der Waals surface area (Å²) in [6, 6.07) is 9.18. The van der Waals surface area contributed by atoms with Gasteiger partial charge in [0.25, 0.3) is 0 Å². The van der Waals surface area contributed by atoms with E-state index in [2.05, 4.69) is 0 Å². The highest BCUT2D eigenvalue weighted by Gasteiger charge is 2.07.